The maximum atomic E-state index is 13.6. The molecule has 3 nitrogen and oxygen atoms in total. The lowest BCUT2D eigenvalue weighted by molar-refractivity contribution is 0.0759. The van der Waals surface area contributed by atoms with Gasteiger partial charge in [-0.1, -0.05) is 6.07 Å². The van der Waals surface area contributed by atoms with Crippen LogP contribution < -0.4 is 10.1 Å². The summed E-state index contributed by atoms with van der Waals surface area (Å²) in [4.78, 5) is 0. The standard InChI is InChI=1S/C16H26FNO2/c1-12(2)20-10-6-5-9-18-13(3)14-7-8-16(19-4)15(17)11-14/h7-8,11-13,18H,5-6,9-10H2,1-4H3. The Labute approximate surface area is 121 Å². The molecule has 0 radical (unpaired) electrons. The lowest BCUT2D eigenvalue weighted by Crippen LogP contribution is -2.20. The van der Waals surface area contributed by atoms with Crippen LogP contribution in [0.15, 0.2) is 18.2 Å². The molecule has 1 N–H and O–H groups in total. The highest BCUT2D eigenvalue weighted by atomic mass is 19.1. The molecule has 0 amide bonds. The van der Waals surface area contributed by atoms with Crippen LogP contribution in [-0.2, 0) is 4.74 Å². The molecule has 0 fully saturated rings. The Hall–Kier alpha value is -1.13. The summed E-state index contributed by atoms with van der Waals surface area (Å²) in [5, 5.41) is 3.39. The van der Waals surface area contributed by atoms with Crippen LogP contribution in [0, 0.1) is 5.82 Å². The first-order chi connectivity index (χ1) is 9.54. The molecule has 4 heteroatoms. The Balaban J connectivity index is 2.29. The van der Waals surface area contributed by atoms with Crippen molar-refractivity contribution >= 4 is 0 Å². The number of halogens is 1. The summed E-state index contributed by atoms with van der Waals surface area (Å²) in [7, 11) is 1.47. The van der Waals surface area contributed by atoms with E-state index in [0.717, 1.165) is 31.6 Å². The molecule has 0 saturated heterocycles. The first-order valence-corrected chi connectivity index (χ1v) is 7.23. The summed E-state index contributed by atoms with van der Waals surface area (Å²) >= 11 is 0. The van der Waals surface area contributed by atoms with Crippen LogP contribution in [0.2, 0.25) is 0 Å². The minimum atomic E-state index is -0.316. The van der Waals surface area contributed by atoms with Gasteiger partial charge < -0.3 is 14.8 Å². The van der Waals surface area contributed by atoms with Crippen molar-refractivity contribution in [3.63, 3.8) is 0 Å². The molecule has 0 saturated carbocycles. The summed E-state index contributed by atoms with van der Waals surface area (Å²) in [6.07, 6.45) is 2.38. The molecule has 0 spiro atoms. The van der Waals surface area contributed by atoms with Crippen molar-refractivity contribution in [3.8, 4) is 5.75 Å². The van der Waals surface area contributed by atoms with Crippen molar-refractivity contribution in [2.45, 2.75) is 45.8 Å². The van der Waals surface area contributed by atoms with Crippen LogP contribution in [-0.4, -0.2) is 26.4 Å². The largest absolute Gasteiger partial charge is 0.494 e. The van der Waals surface area contributed by atoms with Gasteiger partial charge in [-0.05, 0) is 57.9 Å². The van der Waals surface area contributed by atoms with Gasteiger partial charge in [0, 0.05) is 12.6 Å². The van der Waals surface area contributed by atoms with E-state index in [2.05, 4.69) is 5.32 Å². The minimum absolute atomic E-state index is 0.126. The molecule has 0 bridgehead atoms. The third kappa shape index (κ3) is 5.88. The van der Waals surface area contributed by atoms with E-state index >= 15 is 0 Å². The van der Waals surface area contributed by atoms with Gasteiger partial charge in [-0.15, -0.1) is 0 Å². The molecule has 1 rings (SSSR count). The van der Waals surface area contributed by atoms with Gasteiger partial charge >= 0.3 is 0 Å². The van der Waals surface area contributed by atoms with E-state index in [-0.39, 0.29) is 17.6 Å². The van der Waals surface area contributed by atoms with Gasteiger partial charge in [-0.2, -0.15) is 0 Å². The second-order valence-electron chi connectivity index (χ2n) is 5.20. The van der Waals surface area contributed by atoms with Gasteiger partial charge in [0.25, 0.3) is 0 Å². The summed E-state index contributed by atoms with van der Waals surface area (Å²) < 4.78 is 24.0. The smallest absolute Gasteiger partial charge is 0.165 e. The van der Waals surface area contributed by atoms with E-state index < -0.39 is 0 Å². The number of unbranched alkanes of at least 4 members (excludes halogenated alkanes) is 1. The Kier molecular flexibility index (Phi) is 7.55. The van der Waals surface area contributed by atoms with Crippen molar-refractivity contribution in [2.24, 2.45) is 0 Å². The van der Waals surface area contributed by atoms with Crippen molar-refractivity contribution in [2.75, 3.05) is 20.3 Å². The lowest BCUT2D eigenvalue weighted by Gasteiger charge is -2.15. The van der Waals surface area contributed by atoms with Crippen LogP contribution in [0.4, 0.5) is 4.39 Å². The van der Waals surface area contributed by atoms with E-state index in [9.17, 15) is 4.39 Å². The average molecular weight is 283 g/mol. The summed E-state index contributed by atoms with van der Waals surface area (Å²) in [6.45, 7) is 7.81. The molecular formula is C16H26FNO2. The number of rotatable bonds is 9. The highest BCUT2D eigenvalue weighted by Crippen LogP contribution is 2.21. The van der Waals surface area contributed by atoms with Gasteiger partial charge in [0.15, 0.2) is 11.6 Å². The average Bonchev–Trinajstić information content (AvgIpc) is 2.42. The zero-order valence-corrected chi connectivity index (χ0v) is 12.9. The van der Waals surface area contributed by atoms with Gasteiger partial charge in [0.2, 0.25) is 0 Å². The summed E-state index contributed by atoms with van der Waals surface area (Å²) in [6, 6.07) is 5.21. The van der Waals surface area contributed by atoms with E-state index in [4.69, 9.17) is 9.47 Å². The van der Waals surface area contributed by atoms with Crippen molar-refractivity contribution in [1.29, 1.82) is 0 Å². The van der Waals surface area contributed by atoms with Crippen molar-refractivity contribution < 1.29 is 13.9 Å². The van der Waals surface area contributed by atoms with E-state index in [0.29, 0.717) is 6.10 Å². The Morgan fingerprint density at radius 2 is 1.95 bits per heavy atom. The molecule has 1 unspecified atom stereocenters. The fourth-order valence-corrected chi connectivity index (χ4v) is 1.93. The molecule has 0 aliphatic carbocycles. The third-order valence-electron chi connectivity index (χ3n) is 3.15. The molecule has 1 aromatic carbocycles. The molecule has 0 aliphatic heterocycles. The molecule has 0 aliphatic rings. The zero-order valence-electron chi connectivity index (χ0n) is 12.9. The minimum Gasteiger partial charge on any atom is -0.494 e. The van der Waals surface area contributed by atoms with Crippen LogP contribution in [0.5, 0.6) is 5.75 Å². The second kappa shape index (κ2) is 8.93. The van der Waals surface area contributed by atoms with Gasteiger partial charge in [-0.25, -0.2) is 4.39 Å². The molecule has 1 aromatic rings. The van der Waals surface area contributed by atoms with Crippen LogP contribution in [0.25, 0.3) is 0 Å². The Morgan fingerprint density at radius 3 is 2.55 bits per heavy atom. The van der Waals surface area contributed by atoms with Crippen LogP contribution in [0.3, 0.4) is 0 Å². The van der Waals surface area contributed by atoms with E-state index in [1.54, 1.807) is 6.07 Å². The Morgan fingerprint density at radius 1 is 1.20 bits per heavy atom. The molecular weight excluding hydrogens is 257 g/mol. The predicted molar refractivity (Wildman–Crippen MR) is 79.7 cm³/mol. The lowest BCUT2D eigenvalue weighted by atomic mass is 10.1. The topological polar surface area (TPSA) is 30.5 Å². The van der Waals surface area contributed by atoms with Crippen LogP contribution >= 0.6 is 0 Å². The van der Waals surface area contributed by atoms with Crippen molar-refractivity contribution in [3.05, 3.63) is 29.6 Å². The SMILES string of the molecule is COc1ccc(C(C)NCCCCOC(C)C)cc1F. The molecule has 0 heterocycles. The highest BCUT2D eigenvalue weighted by molar-refractivity contribution is 5.30. The third-order valence-corrected chi connectivity index (χ3v) is 3.15. The van der Waals surface area contributed by atoms with E-state index in [1.807, 2.05) is 26.8 Å². The van der Waals surface area contributed by atoms with Gasteiger partial charge in [-0.3, -0.25) is 0 Å². The van der Waals surface area contributed by atoms with Crippen LogP contribution in [0.1, 0.15) is 45.2 Å². The maximum Gasteiger partial charge on any atom is 0.165 e. The quantitative estimate of drug-likeness (QED) is 0.701. The first-order valence-electron chi connectivity index (χ1n) is 7.23. The summed E-state index contributed by atoms with van der Waals surface area (Å²) in [5.41, 5.74) is 0.932. The number of hydrogen-bond acceptors (Lipinski definition) is 3. The number of ether oxygens (including phenoxy) is 2. The first kappa shape index (κ1) is 16.9. The summed E-state index contributed by atoms with van der Waals surface area (Å²) in [5.74, 6) is -0.0317. The maximum absolute atomic E-state index is 13.6. The number of hydrogen-bond donors (Lipinski definition) is 1. The zero-order chi connectivity index (χ0) is 15.0. The molecule has 20 heavy (non-hydrogen) atoms. The second-order valence-corrected chi connectivity index (χ2v) is 5.20. The van der Waals surface area contributed by atoms with Gasteiger partial charge in [0.1, 0.15) is 0 Å². The fourth-order valence-electron chi connectivity index (χ4n) is 1.93. The Bertz CT molecular complexity index is 396. The fraction of sp³-hybridized carbons (Fsp3) is 0.625. The monoisotopic (exact) mass is 283 g/mol. The van der Waals surface area contributed by atoms with Gasteiger partial charge in [0.05, 0.1) is 13.2 Å². The highest BCUT2D eigenvalue weighted by Gasteiger charge is 2.08. The van der Waals surface area contributed by atoms with Crippen molar-refractivity contribution in [1.82, 2.24) is 5.32 Å². The molecule has 114 valence electrons. The predicted octanol–water partition coefficient (Wildman–Crippen LogP) is 3.69. The molecule has 0 aromatic heterocycles. The van der Waals surface area contributed by atoms with E-state index in [1.165, 1.54) is 13.2 Å². The number of methoxy groups -OCH3 is 1. The molecule has 1 atom stereocenters. The normalized spacial score (nSPS) is 12.7. The number of benzene rings is 1. The number of nitrogens with one attached hydrogen (secondary N) is 1.